The Kier molecular flexibility index (Phi) is 5.76. The van der Waals surface area contributed by atoms with Gasteiger partial charge < -0.3 is 10.1 Å². The van der Waals surface area contributed by atoms with Gasteiger partial charge in [-0.25, -0.2) is 4.39 Å². The van der Waals surface area contributed by atoms with Crippen LogP contribution in [0.1, 0.15) is 29.2 Å². The van der Waals surface area contributed by atoms with Gasteiger partial charge >= 0.3 is 0 Å². The molecule has 0 atom stereocenters. The van der Waals surface area contributed by atoms with Gasteiger partial charge in [0.25, 0.3) is 0 Å². The monoisotopic (exact) mass is 307 g/mol. The molecule has 4 heteroatoms. The lowest BCUT2D eigenvalue weighted by molar-refractivity contribution is 0.309. The zero-order valence-electron chi connectivity index (χ0n) is 12.8. The van der Waals surface area contributed by atoms with E-state index in [2.05, 4.69) is 31.3 Å². The van der Waals surface area contributed by atoms with Crippen LogP contribution in [0.4, 0.5) is 4.39 Å². The minimum Gasteiger partial charge on any atom is -0.488 e. The number of thiophene rings is 1. The molecule has 0 saturated carbocycles. The Morgan fingerprint density at radius 2 is 1.95 bits per heavy atom. The minimum absolute atomic E-state index is 0.197. The number of nitrogens with one attached hydrogen (secondary N) is 1. The molecule has 0 aliphatic carbocycles. The molecule has 1 aromatic carbocycles. The van der Waals surface area contributed by atoms with E-state index in [1.54, 1.807) is 30.4 Å². The first kappa shape index (κ1) is 16.0. The first-order valence-electron chi connectivity index (χ1n) is 7.22. The molecular formula is C17H22FNOS. The zero-order chi connectivity index (χ0) is 15.2. The largest absolute Gasteiger partial charge is 0.488 e. The van der Waals surface area contributed by atoms with Gasteiger partial charge in [0.2, 0.25) is 0 Å². The van der Waals surface area contributed by atoms with Crippen molar-refractivity contribution in [2.24, 2.45) is 5.92 Å². The van der Waals surface area contributed by atoms with Crippen molar-refractivity contribution in [1.29, 1.82) is 0 Å². The maximum atomic E-state index is 13.2. The summed E-state index contributed by atoms with van der Waals surface area (Å²) in [7, 11) is 0. The molecule has 0 aliphatic heterocycles. The van der Waals surface area contributed by atoms with E-state index in [0.717, 1.165) is 13.1 Å². The summed E-state index contributed by atoms with van der Waals surface area (Å²) in [5, 5.41) is 3.43. The molecule has 21 heavy (non-hydrogen) atoms. The molecule has 0 saturated heterocycles. The number of hydrogen-bond donors (Lipinski definition) is 1. The van der Waals surface area contributed by atoms with Gasteiger partial charge in [-0.2, -0.15) is 0 Å². The lowest BCUT2D eigenvalue weighted by Gasteiger charge is -2.06. The topological polar surface area (TPSA) is 21.3 Å². The van der Waals surface area contributed by atoms with Gasteiger partial charge in [-0.3, -0.25) is 0 Å². The van der Waals surface area contributed by atoms with E-state index in [1.165, 1.54) is 15.8 Å². The van der Waals surface area contributed by atoms with Crippen LogP contribution < -0.4 is 10.1 Å². The Hall–Kier alpha value is -1.39. The average Bonchev–Trinajstić information content (AvgIpc) is 2.88. The van der Waals surface area contributed by atoms with Crippen molar-refractivity contribution in [3.8, 4) is 5.75 Å². The van der Waals surface area contributed by atoms with Crippen LogP contribution >= 0.6 is 11.3 Å². The fourth-order valence-electron chi connectivity index (χ4n) is 1.94. The van der Waals surface area contributed by atoms with Gasteiger partial charge in [0.1, 0.15) is 18.2 Å². The molecule has 1 aromatic heterocycles. The summed E-state index contributed by atoms with van der Waals surface area (Å²) in [6, 6.07) is 9.06. The van der Waals surface area contributed by atoms with Gasteiger partial charge in [0.05, 0.1) is 0 Å². The standard InChI is InChI=1S/C17H22FNOS/c1-12(2)9-19-10-15-5-6-16(21-15)11-20-14-4-7-17(18)13(3)8-14/h4-8,12,19H,9-11H2,1-3H3. The highest BCUT2D eigenvalue weighted by Crippen LogP contribution is 2.21. The van der Waals surface area contributed by atoms with Crippen molar-refractivity contribution in [2.75, 3.05) is 6.54 Å². The number of aryl methyl sites for hydroxylation is 1. The highest BCUT2D eigenvalue weighted by atomic mass is 32.1. The smallest absolute Gasteiger partial charge is 0.126 e. The van der Waals surface area contributed by atoms with E-state index in [0.29, 0.717) is 23.8 Å². The molecule has 2 nitrogen and oxygen atoms in total. The normalized spacial score (nSPS) is 11.1. The average molecular weight is 307 g/mol. The third kappa shape index (κ3) is 5.14. The van der Waals surface area contributed by atoms with E-state index < -0.39 is 0 Å². The number of halogens is 1. The van der Waals surface area contributed by atoms with Crippen molar-refractivity contribution in [1.82, 2.24) is 5.32 Å². The summed E-state index contributed by atoms with van der Waals surface area (Å²) >= 11 is 1.75. The Bertz CT molecular complexity index is 580. The predicted octanol–water partition coefficient (Wildman–Crippen LogP) is 4.52. The van der Waals surface area contributed by atoms with Crippen molar-refractivity contribution < 1.29 is 9.13 Å². The van der Waals surface area contributed by atoms with Crippen LogP contribution in [0.2, 0.25) is 0 Å². The van der Waals surface area contributed by atoms with Gasteiger partial charge in [0, 0.05) is 16.3 Å². The Balaban J connectivity index is 1.83. The van der Waals surface area contributed by atoms with E-state index in [-0.39, 0.29) is 5.82 Å². The molecule has 2 rings (SSSR count). The molecule has 0 bridgehead atoms. The number of hydrogen-bond acceptors (Lipinski definition) is 3. The third-order valence-corrected chi connectivity index (χ3v) is 4.14. The van der Waals surface area contributed by atoms with Crippen molar-refractivity contribution >= 4 is 11.3 Å². The number of rotatable bonds is 7. The van der Waals surface area contributed by atoms with Gasteiger partial charge in [-0.15, -0.1) is 11.3 Å². The second-order valence-electron chi connectivity index (χ2n) is 5.59. The summed E-state index contributed by atoms with van der Waals surface area (Å²) in [6.07, 6.45) is 0. The lowest BCUT2D eigenvalue weighted by atomic mass is 10.2. The Morgan fingerprint density at radius 1 is 1.19 bits per heavy atom. The summed E-state index contributed by atoms with van der Waals surface area (Å²) in [5.41, 5.74) is 0.609. The van der Waals surface area contributed by atoms with Crippen LogP contribution in [-0.2, 0) is 13.2 Å². The maximum absolute atomic E-state index is 13.2. The molecule has 0 spiro atoms. The predicted molar refractivity (Wildman–Crippen MR) is 86.3 cm³/mol. The van der Waals surface area contributed by atoms with Crippen molar-refractivity contribution in [3.05, 3.63) is 51.5 Å². The van der Waals surface area contributed by atoms with E-state index in [1.807, 2.05) is 0 Å². The molecular weight excluding hydrogens is 285 g/mol. The number of benzene rings is 1. The highest BCUT2D eigenvalue weighted by molar-refractivity contribution is 7.11. The van der Waals surface area contributed by atoms with Crippen LogP contribution in [0, 0.1) is 18.7 Å². The van der Waals surface area contributed by atoms with Crippen molar-refractivity contribution in [3.63, 3.8) is 0 Å². The molecule has 114 valence electrons. The van der Waals surface area contributed by atoms with Crippen LogP contribution in [-0.4, -0.2) is 6.54 Å². The van der Waals surface area contributed by atoms with Gasteiger partial charge in [0.15, 0.2) is 0 Å². The summed E-state index contributed by atoms with van der Waals surface area (Å²) < 4.78 is 18.9. The molecule has 0 aliphatic rings. The summed E-state index contributed by atoms with van der Waals surface area (Å²) in [5.74, 6) is 1.17. The second kappa shape index (κ2) is 7.57. The zero-order valence-corrected chi connectivity index (χ0v) is 13.6. The van der Waals surface area contributed by atoms with Crippen LogP contribution in [0.3, 0.4) is 0 Å². The SMILES string of the molecule is Cc1cc(OCc2ccc(CNCC(C)C)s2)ccc1F. The second-order valence-corrected chi connectivity index (χ2v) is 6.85. The Morgan fingerprint density at radius 3 is 2.67 bits per heavy atom. The molecule has 0 radical (unpaired) electrons. The summed E-state index contributed by atoms with van der Waals surface area (Å²) in [4.78, 5) is 2.49. The quantitative estimate of drug-likeness (QED) is 0.812. The minimum atomic E-state index is -0.197. The molecule has 2 aromatic rings. The molecule has 1 heterocycles. The molecule has 0 unspecified atom stereocenters. The number of ether oxygens (including phenoxy) is 1. The van der Waals surface area contributed by atoms with Gasteiger partial charge in [-0.05, 0) is 55.3 Å². The first-order chi connectivity index (χ1) is 10.0. The summed E-state index contributed by atoms with van der Waals surface area (Å²) in [6.45, 7) is 8.60. The maximum Gasteiger partial charge on any atom is 0.126 e. The van der Waals surface area contributed by atoms with Crippen molar-refractivity contribution in [2.45, 2.75) is 33.9 Å². The van der Waals surface area contributed by atoms with Crippen LogP contribution in [0.15, 0.2) is 30.3 Å². The van der Waals surface area contributed by atoms with E-state index >= 15 is 0 Å². The fraction of sp³-hybridized carbons (Fsp3) is 0.412. The Labute approximate surface area is 130 Å². The van der Waals surface area contributed by atoms with Gasteiger partial charge in [-0.1, -0.05) is 13.8 Å². The van der Waals surface area contributed by atoms with E-state index in [4.69, 9.17) is 4.74 Å². The third-order valence-electron chi connectivity index (χ3n) is 3.08. The van der Waals surface area contributed by atoms with E-state index in [9.17, 15) is 4.39 Å². The lowest BCUT2D eigenvalue weighted by Crippen LogP contribution is -2.18. The first-order valence-corrected chi connectivity index (χ1v) is 8.03. The highest BCUT2D eigenvalue weighted by Gasteiger charge is 2.04. The molecule has 0 amide bonds. The fourth-order valence-corrected chi connectivity index (χ4v) is 2.84. The molecule has 0 fully saturated rings. The van der Waals surface area contributed by atoms with Crippen LogP contribution in [0.5, 0.6) is 5.75 Å². The molecule has 1 N–H and O–H groups in total. The van der Waals surface area contributed by atoms with Crippen LogP contribution in [0.25, 0.3) is 0 Å².